The van der Waals surface area contributed by atoms with Crippen LogP contribution in [-0.2, 0) is 19.0 Å². The number of rotatable bonds is 5. The summed E-state index contributed by atoms with van der Waals surface area (Å²) in [7, 11) is 4.82. The zero-order chi connectivity index (χ0) is 30.0. The second-order valence-electron chi connectivity index (χ2n) is 11.3. The molecule has 0 saturated carbocycles. The predicted octanol–water partition coefficient (Wildman–Crippen LogP) is 2.16. The molecule has 0 aromatic heterocycles. The molecular weight excluding hydrogens is 534 g/mol. The van der Waals surface area contributed by atoms with Crippen LogP contribution in [0.1, 0.15) is 88.1 Å². The summed E-state index contributed by atoms with van der Waals surface area (Å²) in [5.41, 5.74) is -2.27. The summed E-state index contributed by atoms with van der Waals surface area (Å²) < 4.78 is 17.3. The maximum Gasteiger partial charge on any atom is 0.316 e. The summed E-state index contributed by atoms with van der Waals surface area (Å²) in [4.78, 5) is 42.1. The Balaban J connectivity index is 1.69. The van der Waals surface area contributed by atoms with Crippen LogP contribution in [0, 0.1) is 0 Å². The average Bonchev–Trinajstić information content (AvgIpc) is 2.92. The zero-order valence-corrected chi connectivity index (χ0v) is 23.6. The van der Waals surface area contributed by atoms with Crippen molar-refractivity contribution in [1.82, 2.24) is 4.90 Å². The first-order valence-corrected chi connectivity index (χ1v) is 13.6. The van der Waals surface area contributed by atoms with Crippen molar-refractivity contribution in [3.8, 4) is 11.5 Å². The van der Waals surface area contributed by atoms with Gasteiger partial charge in [0.2, 0.25) is 5.78 Å². The van der Waals surface area contributed by atoms with Crippen LogP contribution in [0.2, 0.25) is 0 Å². The van der Waals surface area contributed by atoms with Crippen molar-refractivity contribution >= 4 is 17.5 Å². The Hall–Kier alpha value is -3.35. The second-order valence-corrected chi connectivity index (χ2v) is 11.3. The number of carbonyl (C=O) groups is 3. The van der Waals surface area contributed by atoms with Crippen molar-refractivity contribution < 1.29 is 49.0 Å². The van der Waals surface area contributed by atoms with E-state index in [9.17, 15) is 34.8 Å². The van der Waals surface area contributed by atoms with E-state index in [4.69, 9.17) is 14.2 Å². The van der Waals surface area contributed by atoms with Crippen LogP contribution in [0.3, 0.4) is 0 Å². The van der Waals surface area contributed by atoms with E-state index < -0.39 is 65.2 Å². The molecule has 11 heteroatoms. The Kier molecular flexibility index (Phi) is 7.46. The van der Waals surface area contributed by atoms with E-state index in [-0.39, 0.29) is 58.7 Å². The molecule has 0 amide bonds. The highest BCUT2D eigenvalue weighted by Gasteiger charge is 2.53. The van der Waals surface area contributed by atoms with Gasteiger partial charge in [0, 0.05) is 35.6 Å². The molecule has 1 aliphatic heterocycles. The number of nitrogens with zero attached hydrogens (tertiary/aromatic N) is 1. The standard InChI is InChI=1S/C30H35NO10/c1-6-30(38)12-19(41-20-11-17(31(3)4)25(33)13(2)40-20)22-15(24(30)29(37)39-5)10-16-23(28(22)36)27(35)21-14(26(16)34)8-7-9-18(21)32/h7-10,13,17,19-20,24-25,32-33,36,38H,6,11-12H2,1-5H3/t13-,17-,19-,20?,24-,25-,30+/m0/s1. The van der Waals surface area contributed by atoms with Crippen LogP contribution in [0.5, 0.6) is 11.5 Å². The monoisotopic (exact) mass is 569 g/mol. The van der Waals surface area contributed by atoms with Crippen LogP contribution in [-0.4, -0.2) is 94.2 Å². The van der Waals surface area contributed by atoms with Gasteiger partial charge in [-0.2, -0.15) is 0 Å². The third-order valence-electron chi connectivity index (χ3n) is 8.77. The van der Waals surface area contributed by atoms with Crippen LogP contribution < -0.4 is 0 Å². The third kappa shape index (κ3) is 4.52. The number of carbonyl (C=O) groups excluding carboxylic acids is 3. The van der Waals surface area contributed by atoms with Gasteiger partial charge in [0.25, 0.3) is 0 Å². The van der Waals surface area contributed by atoms with E-state index in [0.29, 0.717) is 0 Å². The number of esters is 1. The number of hydrogen-bond acceptors (Lipinski definition) is 11. The maximum absolute atomic E-state index is 13.6. The first kappa shape index (κ1) is 29.2. The first-order valence-electron chi connectivity index (χ1n) is 13.6. The van der Waals surface area contributed by atoms with Crippen LogP contribution in [0.4, 0.5) is 0 Å². The topological polar surface area (TPSA) is 163 Å². The van der Waals surface area contributed by atoms with Crippen molar-refractivity contribution in [2.45, 2.75) is 75.3 Å². The van der Waals surface area contributed by atoms with Gasteiger partial charge in [-0.1, -0.05) is 19.1 Å². The summed E-state index contributed by atoms with van der Waals surface area (Å²) >= 11 is 0. The van der Waals surface area contributed by atoms with Gasteiger partial charge in [-0.3, -0.25) is 14.4 Å². The Labute approximate surface area is 237 Å². The van der Waals surface area contributed by atoms with Crippen LogP contribution in [0.15, 0.2) is 24.3 Å². The molecule has 1 unspecified atom stereocenters. The number of ketones is 2. The number of phenolic OH excluding ortho intramolecular Hbond substituents is 2. The van der Waals surface area contributed by atoms with Crippen molar-refractivity contribution in [1.29, 1.82) is 0 Å². The molecule has 220 valence electrons. The number of likely N-dealkylation sites (N-methyl/N-ethyl adjacent to an activating group) is 1. The minimum atomic E-state index is -1.69. The molecule has 1 saturated heterocycles. The van der Waals surface area contributed by atoms with Crippen molar-refractivity contribution in [2.24, 2.45) is 0 Å². The van der Waals surface area contributed by atoms with E-state index in [1.54, 1.807) is 13.8 Å². The molecule has 4 N–H and O–H groups in total. The molecule has 7 atom stereocenters. The predicted molar refractivity (Wildman–Crippen MR) is 144 cm³/mol. The van der Waals surface area contributed by atoms with E-state index >= 15 is 0 Å². The molecule has 1 heterocycles. The molecule has 1 fully saturated rings. The summed E-state index contributed by atoms with van der Waals surface area (Å²) in [5.74, 6) is -4.42. The Morgan fingerprint density at radius 3 is 2.49 bits per heavy atom. The molecule has 2 aliphatic carbocycles. The number of aliphatic hydroxyl groups excluding tert-OH is 1. The lowest BCUT2D eigenvalue weighted by Gasteiger charge is -2.46. The quantitative estimate of drug-likeness (QED) is 0.333. The molecule has 3 aliphatic rings. The Morgan fingerprint density at radius 2 is 1.85 bits per heavy atom. The fourth-order valence-electron chi connectivity index (χ4n) is 6.50. The van der Waals surface area contributed by atoms with Crippen LogP contribution >= 0.6 is 0 Å². The lowest BCUT2D eigenvalue weighted by Crippen LogP contribution is -2.54. The summed E-state index contributed by atoms with van der Waals surface area (Å²) in [6.07, 6.45) is -3.09. The number of ether oxygens (including phenoxy) is 3. The summed E-state index contributed by atoms with van der Waals surface area (Å²) in [6.45, 7) is 3.41. The Morgan fingerprint density at radius 1 is 1.15 bits per heavy atom. The van der Waals surface area contributed by atoms with E-state index in [1.807, 2.05) is 19.0 Å². The number of hydrogen-bond donors (Lipinski definition) is 4. The number of benzene rings is 2. The second kappa shape index (κ2) is 10.5. The number of phenols is 2. The zero-order valence-electron chi connectivity index (χ0n) is 23.6. The smallest absolute Gasteiger partial charge is 0.316 e. The average molecular weight is 570 g/mol. The molecule has 41 heavy (non-hydrogen) atoms. The number of aromatic hydroxyl groups is 2. The van der Waals surface area contributed by atoms with Gasteiger partial charge in [-0.15, -0.1) is 0 Å². The van der Waals surface area contributed by atoms with Gasteiger partial charge in [-0.05, 0) is 45.1 Å². The van der Waals surface area contributed by atoms with Crippen molar-refractivity contribution in [2.75, 3.05) is 21.2 Å². The highest BCUT2D eigenvalue weighted by Crippen LogP contribution is 2.54. The fourth-order valence-corrected chi connectivity index (χ4v) is 6.50. The first-order chi connectivity index (χ1) is 19.3. The van der Waals surface area contributed by atoms with Crippen LogP contribution in [0.25, 0.3) is 0 Å². The molecule has 2 aromatic carbocycles. The molecule has 11 nitrogen and oxygen atoms in total. The third-order valence-corrected chi connectivity index (χ3v) is 8.77. The number of aliphatic hydroxyl groups is 2. The summed E-state index contributed by atoms with van der Waals surface area (Å²) in [6, 6.07) is 5.14. The fraction of sp³-hybridized carbons (Fsp3) is 0.500. The van der Waals surface area contributed by atoms with Crippen molar-refractivity contribution in [3.05, 3.63) is 57.6 Å². The van der Waals surface area contributed by atoms with Gasteiger partial charge in [0.1, 0.15) is 17.4 Å². The minimum absolute atomic E-state index is 0.0382. The minimum Gasteiger partial charge on any atom is -0.507 e. The number of fused-ring (bicyclic) bond motifs is 3. The molecule has 0 bridgehead atoms. The molecule has 5 rings (SSSR count). The lowest BCUT2D eigenvalue weighted by molar-refractivity contribution is -0.258. The highest BCUT2D eigenvalue weighted by molar-refractivity contribution is 6.30. The van der Waals surface area contributed by atoms with Gasteiger partial charge < -0.3 is 39.5 Å². The molecule has 2 aromatic rings. The maximum atomic E-state index is 13.6. The Bertz CT molecular complexity index is 1420. The van der Waals surface area contributed by atoms with E-state index in [2.05, 4.69) is 0 Å². The molecule has 0 spiro atoms. The highest BCUT2D eigenvalue weighted by atomic mass is 16.7. The SMILES string of the molecule is CC[C@@]1(O)C[C@H](OC2C[C@H](N(C)C)[C@@H](O)[C@H](C)O2)c2c(cc3c(c2O)C(=O)c2c(O)cccc2C3=O)[C@H]1C(=O)OC. The van der Waals surface area contributed by atoms with Gasteiger partial charge in [-0.25, -0.2) is 0 Å². The lowest BCUT2D eigenvalue weighted by atomic mass is 9.67. The van der Waals surface area contributed by atoms with Gasteiger partial charge in [0.05, 0.1) is 42.1 Å². The number of methoxy groups -OCH3 is 1. The summed E-state index contributed by atoms with van der Waals surface area (Å²) in [5, 5.41) is 44.5. The molecular formula is C30H35NO10. The largest absolute Gasteiger partial charge is 0.507 e. The normalized spacial score (nSPS) is 30.9. The van der Waals surface area contributed by atoms with E-state index in [1.165, 1.54) is 31.4 Å². The van der Waals surface area contributed by atoms with Gasteiger partial charge >= 0.3 is 5.97 Å². The van der Waals surface area contributed by atoms with Gasteiger partial charge in [0.15, 0.2) is 12.1 Å². The van der Waals surface area contributed by atoms with Crippen molar-refractivity contribution in [3.63, 3.8) is 0 Å². The van der Waals surface area contributed by atoms with E-state index in [0.717, 1.165) is 0 Å². The molecule has 0 radical (unpaired) electrons.